The summed E-state index contributed by atoms with van der Waals surface area (Å²) in [7, 11) is -3.63. The Labute approximate surface area is 184 Å². The molecule has 9 heteroatoms. The van der Waals surface area contributed by atoms with Crippen LogP contribution < -0.4 is 14.9 Å². The largest absolute Gasteiger partial charge is 0.371 e. The van der Waals surface area contributed by atoms with Crippen molar-refractivity contribution in [1.82, 2.24) is 10.0 Å². The predicted octanol–water partition coefficient (Wildman–Crippen LogP) is 3.29. The van der Waals surface area contributed by atoms with Crippen molar-refractivity contribution in [3.8, 4) is 0 Å². The molecule has 1 heterocycles. The molecule has 2 aliphatic rings. The highest BCUT2D eigenvalue weighted by Gasteiger charge is 2.29. The minimum Gasteiger partial charge on any atom is -0.371 e. The van der Waals surface area contributed by atoms with Gasteiger partial charge in [0.05, 0.1) is 10.5 Å². The first-order valence-electron chi connectivity index (χ1n) is 9.92. The summed E-state index contributed by atoms with van der Waals surface area (Å²) in [6, 6.07) is 10.9. The fraction of sp³-hybridized carbons (Fsp3) is 0.381. The lowest BCUT2D eigenvalue weighted by molar-refractivity contribution is 0.0947. The highest BCUT2D eigenvalue weighted by molar-refractivity contribution is 9.10. The van der Waals surface area contributed by atoms with Crippen molar-refractivity contribution in [3.63, 3.8) is 0 Å². The molecule has 0 radical (unpaired) electrons. The van der Waals surface area contributed by atoms with E-state index in [0.29, 0.717) is 16.6 Å². The second-order valence-corrected chi connectivity index (χ2v) is 10.4. The van der Waals surface area contributed by atoms with Crippen LogP contribution in [0.3, 0.4) is 0 Å². The predicted molar refractivity (Wildman–Crippen MR) is 117 cm³/mol. The average Bonchev–Trinajstić information content (AvgIpc) is 3.39. The fourth-order valence-electron chi connectivity index (χ4n) is 3.55. The van der Waals surface area contributed by atoms with E-state index in [1.54, 1.807) is 18.2 Å². The van der Waals surface area contributed by atoms with Crippen LogP contribution in [0.5, 0.6) is 0 Å². The number of sulfonamides is 1. The summed E-state index contributed by atoms with van der Waals surface area (Å²) < 4.78 is 41.2. The molecule has 160 valence electrons. The van der Waals surface area contributed by atoms with Crippen molar-refractivity contribution >= 4 is 37.5 Å². The molecule has 1 aliphatic heterocycles. The van der Waals surface area contributed by atoms with Crippen molar-refractivity contribution in [2.24, 2.45) is 5.92 Å². The second kappa shape index (κ2) is 8.64. The van der Waals surface area contributed by atoms with Gasteiger partial charge in [0, 0.05) is 35.8 Å². The molecular formula is C21H23BrFN3O3S. The molecule has 1 unspecified atom stereocenters. The minimum atomic E-state index is -3.63. The SMILES string of the molecule is O=C(NCC1CCN(c2ccc(F)cc2)C1)c1cc(S(=O)(=O)NC2CC2)ccc1Br. The quantitative estimate of drug-likeness (QED) is 0.617. The Bertz CT molecular complexity index is 1040. The van der Waals surface area contributed by atoms with E-state index in [2.05, 4.69) is 30.9 Å². The van der Waals surface area contributed by atoms with E-state index in [4.69, 9.17) is 0 Å². The zero-order chi connectivity index (χ0) is 21.3. The van der Waals surface area contributed by atoms with Crippen molar-refractivity contribution in [1.29, 1.82) is 0 Å². The number of nitrogens with zero attached hydrogens (tertiary/aromatic N) is 1. The van der Waals surface area contributed by atoms with Crippen LogP contribution in [0.25, 0.3) is 0 Å². The van der Waals surface area contributed by atoms with Gasteiger partial charge in [-0.3, -0.25) is 4.79 Å². The maximum absolute atomic E-state index is 13.1. The van der Waals surface area contributed by atoms with Gasteiger partial charge in [0.15, 0.2) is 0 Å². The van der Waals surface area contributed by atoms with Gasteiger partial charge in [0.2, 0.25) is 10.0 Å². The zero-order valence-electron chi connectivity index (χ0n) is 16.3. The normalized spacial score (nSPS) is 19.1. The number of anilines is 1. The number of amides is 1. The van der Waals surface area contributed by atoms with Crippen molar-refractivity contribution in [3.05, 3.63) is 58.3 Å². The van der Waals surface area contributed by atoms with E-state index in [0.717, 1.165) is 38.0 Å². The van der Waals surface area contributed by atoms with Gasteiger partial charge in [0.25, 0.3) is 5.91 Å². The summed E-state index contributed by atoms with van der Waals surface area (Å²) in [5, 5.41) is 2.92. The Hall–Kier alpha value is -1.97. The van der Waals surface area contributed by atoms with Crippen LogP contribution in [0.15, 0.2) is 51.8 Å². The van der Waals surface area contributed by atoms with E-state index in [1.807, 2.05) is 0 Å². The second-order valence-electron chi connectivity index (χ2n) is 7.82. The van der Waals surface area contributed by atoms with Crippen LogP contribution in [0.4, 0.5) is 10.1 Å². The highest BCUT2D eigenvalue weighted by atomic mass is 79.9. The molecule has 2 N–H and O–H groups in total. The fourth-order valence-corrected chi connectivity index (χ4v) is 5.31. The average molecular weight is 496 g/mol. The molecule has 1 atom stereocenters. The topological polar surface area (TPSA) is 78.5 Å². The lowest BCUT2D eigenvalue weighted by atomic mass is 10.1. The maximum Gasteiger partial charge on any atom is 0.252 e. The van der Waals surface area contributed by atoms with Crippen LogP contribution in [0.2, 0.25) is 0 Å². The summed E-state index contributed by atoms with van der Waals surface area (Å²) in [5.74, 6) is -0.310. The summed E-state index contributed by atoms with van der Waals surface area (Å²) in [6.45, 7) is 2.10. The molecule has 2 fully saturated rings. The Morgan fingerprint density at radius 1 is 1.13 bits per heavy atom. The van der Waals surface area contributed by atoms with Gasteiger partial charge in [0.1, 0.15) is 5.82 Å². The van der Waals surface area contributed by atoms with Gasteiger partial charge in [-0.05, 0) is 83.6 Å². The summed E-state index contributed by atoms with van der Waals surface area (Å²) >= 11 is 3.35. The van der Waals surface area contributed by atoms with Gasteiger partial charge < -0.3 is 10.2 Å². The van der Waals surface area contributed by atoms with Crippen molar-refractivity contribution in [2.75, 3.05) is 24.5 Å². The first-order chi connectivity index (χ1) is 14.3. The first-order valence-corrected chi connectivity index (χ1v) is 12.2. The maximum atomic E-state index is 13.1. The standard InChI is InChI=1S/C21H23BrFN3O3S/c22-20-8-7-18(30(28,29)25-16-3-4-16)11-19(20)21(27)24-12-14-9-10-26(13-14)17-5-1-15(23)2-6-17/h1-2,5-8,11,14,16,25H,3-4,9-10,12-13H2,(H,24,27). The number of hydrogen-bond acceptors (Lipinski definition) is 4. The molecule has 6 nitrogen and oxygen atoms in total. The molecule has 2 aromatic rings. The Balaban J connectivity index is 1.37. The van der Waals surface area contributed by atoms with Crippen LogP contribution >= 0.6 is 15.9 Å². The number of rotatable bonds is 7. The van der Waals surface area contributed by atoms with Gasteiger partial charge in [-0.2, -0.15) is 0 Å². The zero-order valence-corrected chi connectivity index (χ0v) is 18.7. The Kier molecular flexibility index (Phi) is 6.13. The molecule has 1 saturated carbocycles. The Morgan fingerprint density at radius 2 is 1.87 bits per heavy atom. The molecule has 0 aromatic heterocycles. The third kappa shape index (κ3) is 5.01. The lowest BCUT2D eigenvalue weighted by Gasteiger charge is -2.19. The monoisotopic (exact) mass is 495 g/mol. The molecule has 30 heavy (non-hydrogen) atoms. The number of hydrogen-bond donors (Lipinski definition) is 2. The summed E-state index contributed by atoms with van der Waals surface area (Å²) in [5.41, 5.74) is 1.26. The van der Waals surface area contributed by atoms with Crippen LogP contribution in [0, 0.1) is 11.7 Å². The van der Waals surface area contributed by atoms with E-state index >= 15 is 0 Å². The minimum absolute atomic E-state index is 0.00217. The smallest absolute Gasteiger partial charge is 0.252 e. The van der Waals surface area contributed by atoms with Crippen molar-refractivity contribution < 1.29 is 17.6 Å². The van der Waals surface area contributed by atoms with Gasteiger partial charge >= 0.3 is 0 Å². The van der Waals surface area contributed by atoms with Gasteiger partial charge in [-0.25, -0.2) is 17.5 Å². The number of benzene rings is 2. The van der Waals surface area contributed by atoms with E-state index in [-0.39, 0.29) is 28.6 Å². The third-order valence-corrected chi connectivity index (χ3v) is 7.63. The number of carbonyl (C=O) groups is 1. The number of halogens is 2. The molecule has 0 bridgehead atoms. The lowest BCUT2D eigenvalue weighted by Crippen LogP contribution is -2.31. The molecule has 1 saturated heterocycles. The van der Waals surface area contributed by atoms with Gasteiger partial charge in [-0.15, -0.1) is 0 Å². The van der Waals surface area contributed by atoms with Crippen LogP contribution in [-0.4, -0.2) is 40.0 Å². The summed E-state index contributed by atoms with van der Waals surface area (Å²) in [4.78, 5) is 15.0. The first kappa shape index (κ1) is 21.3. The molecule has 0 spiro atoms. The molecule has 1 aliphatic carbocycles. The van der Waals surface area contributed by atoms with Crippen molar-refractivity contribution in [2.45, 2.75) is 30.2 Å². The molecule has 1 amide bonds. The van der Waals surface area contributed by atoms with E-state index in [1.165, 1.54) is 24.3 Å². The molecule has 2 aromatic carbocycles. The number of carbonyl (C=O) groups excluding carboxylic acids is 1. The van der Waals surface area contributed by atoms with E-state index < -0.39 is 10.0 Å². The van der Waals surface area contributed by atoms with Crippen LogP contribution in [-0.2, 0) is 10.0 Å². The number of nitrogens with one attached hydrogen (secondary N) is 2. The Morgan fingerprint density at radius 3 is 2.57 bits per heavy atom. The highest BCUT2D eigenvalue weighted by Crippen LogP contribution is 2.26. The van der Waals surface area contributed by atoms with E-state index in [9.17, 15) is 17.6 Å². The van der Waals surface area contributed by atoms with Crippen LogP contribution in [0.1, 0.15) is 29.6 Å². The third-order valence-electron chi connectivity index (χ3n) is 5.42. The molecular weight excluding hydrogens is 473 g/mol. The van der Waals surface area contributed by atoms with Gasteiger partial charge in [-0.1, -0.05) is 0 Å². The summed E-state index contributed by atoms with van der Waals surface area (Å²) in [6.07, 6.45) is 2.61. The molecule has 4 rings (SSSR count).